The molecule has 0 aliphatic carbocycles. The van der Waals surface area contributed by atoms with Gasteiger partial charge >= 0.3 is 0 Å². The molecule has 0 saturated carbocycles. The number of thioether (sulfide) groups is 1. The van der Waals surface area contributed by atoms with Crippen LogP contribution < -0.4 is 5.32 Å². The molecular weight excluding hydrogens is 320 g/mol. The van der Waals surface area contributed by atoms with E-state index in [0.717, 1.165) is 11.1 Å². The number of rotatable bonds is 6. The molecule has 0 bridgehead atoms. The number of aromatic nitrogens is 3. The monoisotopic (exact) mass is 338 g/mol. The van der Waals surface area contributed by atoms with Gasteiger partial charge in [-0.25, -0.2) is 0 Å². The van der Waals surface area contributed by atoms with E-state index >= 15 is 0 Å². The standard InChI is InChI=1S/C18H18N4OS/c1-22-13-20-21-18(22)24-16(15-10-6-3-7-11-15)17(23)19-12-14-8-4-2-5-9-14/h2-11,13,16H,12H2,1H3,(H,19,23). The molecule has 1 amide bonds. The SMILES string of the molecule is Cn1cnnc1SC(C(=O)NCc1ccccc1)c1ccccc1. The van der Waals surface area contributed by atoms with E-state index in [0.29, 0.717) is 11.7 Å². The van der Waals surface area contributed by atoms with Crippen molar-refractivity contribution in [3.8, 4) is 0 Å². The van der Waals surface area contributed by atoms with Gasteiger partial charge in [-0.1, -0.05) is 72.4 Å². The van der Waals surface area contributed by atoms with Crippen molar-refractivity contribution in [2.75, 3.05) is 0 Å². The highest BCUT2D eigenvalue weighted by Gasteiger charge is 2.23. The number of nitrogens with one attached hydrogen (secondary N) is 1. The fraction of sp³-hybridized carbons (Fsp3) is 0.167. The molecule has 1 unspecified atom stereocenters. The first kappa shape index (κ1) is 16.3. The summed E-state index contributed by atoms with van der Waals surface area (Å²) in [5.74, 6) is -0.0435. The van der Waals surface area contributed by atoms with E-state index in [1.807, 2.05) is 72.3 Å². The van der Waals surface area contributed by atoms with Crippen LogP contribution >= 0.6 is 11.8 Å². The molecular formula is C18H18N4OS. The molecule has 1 atom stereocenters. The summed E-state index contributed by atoms with van der Waals surface area (Å²) in [6.45, 7) is 0.502. The predicted octanol–water partition coefficient (Wildman–Crippen LogP) is 2.96. The quantitative estimate of drug-likeness (QED) is 0.702. The van der Waals surface area contributed by atoms with Crippen molar-refractivity contribution in [1.29, 1.82) is 0 Å². The van der Waals surface area contributed by atoms with Crippen LogP contribution in [0.2, 0.25) is 0 Å². The van der Waals surface area contributed by atoms with Gasteiger partial charge in [0.15, 0.2) is 5.16 Å². The predicted molar refractivity (Wildman–Crippen MR) is 94.3 cm³/mol. The number of carbonyl (C=O) groups excluding carboxylic acids is 1. The summed E-state index contributed by atoms with van der Waals surface area (Å²) in [4.78, 5) is 12.8. The zero-order chi connectivity index (χ0) is 16.8. The Labute approximate surface area is 145 Å². The topological polar surface area (TPSA) is 59.8 Å². The largest absolute Gasteiger partial charge is 0.351 e. The number of benzene rings is 2. The maximum atomic E-state index is 12.8. The Hall–Kier alpha value is -2.60. The first-order valence-electron chi connectivity index (χ1n) is 7.61. The van der Waals surface area contributed by atoms with E-state index < -0.39 is 0 Å². The second-order valence-corrected chi connectivity index (χ2v) is 6.41. The van der Waals surface area contributed by atoms with Crippen LogP contribution in [0.3, 0.4) is 0 Å². The van der Waals surface area contributed by atoms with Gasteiger partial charge in [0.2, 0.25) is 5.91 Å². The number of aryl methyl sites for hydroxylation is 1. The normalized spacial score (nSPS) is 11.9. The lowest BCUT2D eigenvalue weighted by Crippen LogP contribution is -2.27. The number of nitrogens with zero attached hydrogens (tertiary/aromatic N) is 3. The highest BCUT2D eigenvalue weighted by molar-refractivity contribution is 8.00. The van der Waals surface area contributed by atoms with E-state index in [9.17, 15) is 4.79 Å². The molecule has 3 aromatic rings. The fourth-order valence-corrected chi connectivity index (χ4v) is 3.27. The summed E-state index contributed by atoms with van der Waals surface area (Å²) in [5.41, 5.74) is 2.01. The van der Waals surface area contributed by atoms with Crippen LogP contribution in [-0.2, 0) is 18.4 Å². The number of hydrogen-bond donors (Lipinski definition) is 1. The Morgan fingerprint density at radius 1 is 1.12 bits per heavy atom. The third-order valence-electron chi connectivity index (χ3n) is 3.54. The van der Waals surface area contributed by atoms with Gasteiger partial charge in [-0.3, -0.25) is 4.79 Å². The van der Waals surface area contributed by atoms with E-state index in [1.165, 1.54) is 11.8 Å². The third-order valence-corrected chi connectivity index (χ3v) is 4.85. The van der Waals surface area contributed by atoms with Crippen LogP contribution in [0.5, 0.6) is 0 Å². The van der Waals surface area contributed by atoms with Crippen molar-refractivity contribution in [3.05, 3.63) is 78.1 Å². The van der Waals surface area contributed by atoms with Crippen molar-refractivity contribution in [1.82, 2.24) is 20.1 Å². The van der Waals surface area contributed by atoms with Crippen molar-refractivity contribution in [2.45, 2.75) is 17.0 Å². The molecule has 0 spiro atoms. The maximum Gasteiger partial charge on any atom is 0.238 e. The summed E-state index contributed by atoms with van der Waals surface area (Å²) in [6, 6.07) is 19.6. The smallest absolute Gasteiger partial charge is 0.238 e. The van der Waals surface area contributed by atoms with Gasteiger partial charge in [0.05, 0.1) is 0 Å². The van der Waals surface area contributed by atoms with Crippen LogP contribution in [0.15, 0.2) is 72.1 Å². The van der Waals surface area contributed by atoms with Crippen LogP contribution in [0.1, 0.15) is 16.4 Å². The summed E-state index contributed by atoms with van der Waals surface area (Å²) in [5, 5.41) is 11.3. The molecule has 0 radical (unpaired) electrons. The Bertz CT molecular complexity index is 789. The fourth-order valence-electron chi connectivity index (χ4n) is 2.26. The van der Waals surface area contributed by atoms with Gasteiger partial charge in [-0.05, 0) is 11.1 Å². The molecule has 5 nitrogen and oxygen atoms in total. The zero-order valence-electron chi connectivity index (χ0n) is 13.3. The summed E-state index contributed by atoms with van der Waals surface area (Å²) >= 11 is 1.40. The van der Waals surface area contributed by atoms with Gasteiger partial charge < -0.3 is 9.88 Å². The minimum atomic E-state index is -0.377. The third kappa shape index (κ3) is 4.02. The van der Waals surface area contributed by atoms with E-state index in [1.54, 1.807) is 6.33 Å². The van der Waals surface area contributed by atoms with Crippen LogP contribution in [0.25, 0.3) is 0 Å². The van der Waals surface area contributed by atoms with E-state index in [2.05, 4.69) is 15.5 Å². The van der Waals surface area contributed by atoms with E-state index in [-0.39, 0.29) is 11.2 Å². The van der Waals surface area contributed by atoms with Gasteiger partial charge in [-0.2, -0.15) is 0 Å². The average Bonchev–Trinajstić information content (AvgIpc) is 3.04. The Kier molecular flexibility index (Phi) is 5.28. The Morgan fingerprint density at radius 3 is 2.42 bits per heavy atom. The van der Waals surface area contributed by atoms with Crippen LogP contribution in [0, 0.1) is 0 Å². The van der Waals surface area contributed by atoms with Gasteiger partial charge in [-0.15, -0.1) is 10.2 Å². The lowest BCUT2D eigenvalue weighted by molar-refractivity contribution is -0.120. The summed E-state index contributed by atoms with van der Waals surface area (Å²) < 4.78 is 1.81. The molecule has 24 heavy (non-hydrogen) atoms. The second-order valence-electron chi connectivity index (χ2n) is 5.34. The lowest BCUT2D eigenvalue weighted by atomic mass is 10.1. The minimum Gasteiger partial charge on any atom is -0.351 e. The molecule has 0 saturated heterocycles. The van der Waals surface area contributed by atoms with Crippen molar-refractivity contribution in [3.63, 3.8) is 0 Å². The van der Waals surface area contributed by atoms with Crippen molar-refractivity contribution in [2.24, 2.45) is 7.05 Å². The first-order chi connectivity index (χ1) is 11.7. The molecule has 1 heterocycles. The van der Waals surface area contributed by atoms with Crippen LogP contribution in [0.4, 0.5) is 0 Å². The first-order valence-corrected chi connectivity index (χ1v) is 8.49. The molecule has 1 aromatic heterocycles. The Balaban J connectivity index is 1.76. The van der Waals surface area contributed by atoms with Crippen LogP contribution in [-0.4, -0.2) is 20.7 Å². The maximum absolute atomic E-state index is 12.8. The zero-order valence-corrected chi connectivity index (χ0v) is 14.1. The lowest BCUT2D eigenvalue weighted by Gasteiger charge is -2.16. The van der Waals surface area contributed by atoms with Crippen molar-refractivity contribution < 1.29 is 4.79 Å². The molecule has 6 heteroatoms. The summed E-state index contributed by atoms with van der Waals surface area (Å²) in [6.07, 6.45) is 1.63. The van der Waals surface area contributed by atoms with Gasteiger partial charge in [0.1, 0.15) is 11.6 Å². The second kappa shape index (κ2) is 7.79. The minimum absolute atomic E-state index is 0.0435. The number of carbonyl (C=O) groups is 1. The Morgan fingerprint density at radius 2 is 1.79 bits per heavy atom. The summed E-state index contributed by atoms with van der Waals surface area (Å²) in [7, 11) is 1.87. The highest BCUT2D eigenvalue weighted by atomic mass is 32.2. The molecule has 122 valence electrons. The molecule has 0 aliphatic rings. The van der Waals surface area contributed by atoms with Crippen molar-refractivity contribution >= 4 is 17.7 Å². The number of hydrogen-bond acceptors (Lipinski definition) is 4. The van der Waals surface area contributed by atoms with Gasteiger partial charge in [0.25, 0.3) is 0 Å². The number of amides is 1. The molecule has 0 aliphatic heterocycles. The van der Waals surface area contributed by atoms with Gasteiger partial charge in [0, 0.05) is 13.6 Å². The molecule has 2 aromatic carbocycles. The molecule has 3 rings (SSSR count). The van der Waals surface area contributed by atoms with E-state index in [4.69, 9.17) is 0 Å². The average molecular weight is 338 g/mol. The molecule has 1 N–H and O–H groups in total. The highest BCUT2D eigenvalue weighted by Crippen LogP contribution is 2.33. The molecule has 0 fully saturated rings.